The van der Waals surface area contributed by atoms with Gasteiger partial charge in [0.05, 0.1) is 6.61 Å². The third-order valence-corrected chi connectivity index (χ3v) is 2.51. The molecule has 0 bridgehead atoms. The van der Waals surface area contributed by atoms with E-state index in [1.54, 1.807) is 24.7 Å². The van der Waals surface area contributed by atoms with Gasteiger partial charge in [0.1, 0.15) is 11.6 Å². The lowest BCUT2D eigenvalue weighted by Crippen LogP contribution is -2.08. The predicted octanol–water partition coefficient (Wildman–Crippen LogP) is 1.77. The predicted molar refractivity (Wildman–Crippen MR) is 70.1 cm³/mol. The summed E-state index contributed by atoms with van der Waals surface area (Å²) in [4.78, 5) is 7.99. The van der Waals surface area contributed by atoms with Crippen molar-refractivity contribution in [1.82, 2.24) is 9.97 Å². The molecule has 18 heavy (non-hydrogen) atoms. The van der Waals surface area contributed by atoms with E-state index in [1.165, 1.54) is 5.56 Å². The monoisotopic (exact) mass is 244 g/mol. The highest BCUT2D eigenvalue weighted by Gasteiger charge is 1.97. The first-order valence-electron chi connectivity index (χ1n) is 5.83. The van der Waals surface area contributed by atoms with E-state index >= 15 is 0 Å². The smallest absolute Gasteiger partial charge is 0.143 e. The second-order valence-electron chi connectivity index (χ2n) is 3.83. The SMILES string of the molecule is NNc1cc(OCCCc2ccncc2)ccn1. The number of nitrogens with zero attached hydrogens (tertiary/aromatic N) is 2. The van der Waals surface area contributed by atoms with Crippen molar-refractivity contribution >= 4 is 5.82 Å². The Morgan fingerprint density at radius 1 is 1.17 bits per heavy atom. The minimum absolute atomic E-state index is 0.599. The van der Waals surface area contributed by atoms with Gasteiger partial charge in [0, 0.05) is 24.7 Å². The number of hydrogen-bond donors (Lipinski definition) is 2. The van der Waals surface area contributed by atoms with Crippen molar-refractivity contribution in [1.29, 1.82) is 0 Å². The van der Waals surface area contributed by atoms with Gasteiger partial charge in [-0.15, -0.1) is 0 Å². The molecule has 5 heteroatoms. The molecule has 0 atom stereocenters. The van der Waals surface area contributed by atoms with Crippen LogP contribution in [-0.4, -0.2) is 16.6 Å². The molecule has 0 fully saturated rings. The van der Waals surface area contributed by atoms with E-state index in [1.807, 2.05) is 18.2 Å². The summed E-state index contributed by atoms with van der Waals surface area (Å²) in [5, 5.41) is 0. The number of nitrogens with two attached hydrogens (primary N) is 1. The molecule has 0 aliphatic heterocycles. The van der Waals surface area contributed by atoms with E-state index in [9.17, 15) is 0 Å². The van der Waals surface area contributed by atoms with Crippen molar-refractivity contribution in [2.45, 2.75) is 12.8 Å². The number of ether oxygens (including phenoxy) is 1. The number of nitrogens with one attached hydrogen (secondary N) is 1. The number of anilines is 1. The molecule has 0 spiro atoms. The molecule has 0 aliphatic rings. The second kappa shape index (κ2) is 6.56. The largest absolute Gasteiger partial charge is 0.493 e. The third-order valence-electron chi connectivity index (χ3n) is 2.51. The molecule has 0 radical (unpaired) electrons. The Labute approximate surface area is 106 Å². The van der Waals surface area contributed by atoms with E-state index in [2.05, 4.69) is 15.4 Å². The van der Waals surface area contributed by atoms with Gasteiger partial charge in [-0.05, 0) is 36.6 Å². The summed E-state index contributed by atoms with van der Waals surface area (Å²) in [5.74, 6) is 6.65. The number of aryl methyl sites for hydroxylation is 1. The fraction of sp³-hybridized carbons (Fsp3) is 0.231. The summed E-state index contributed by atoms with van der Waals surface area (Å²) in [6.45, 7) is 0.663. The zero-order valence-electron chi connectivity index (χ0n) is 10.0. The Morgan fingerprint density at radius 3 is 2.78 bits per heavy atom. The topological polar surface area (TPSA) is 73.1 Å². The Morgan fingerprint density at radius 2 is 2.00 bits per heavy atom. The molecule has 0 saturated heterocycles. The Bertz CT molecular complexity index is 475. The van der Waals surface area contributed by atoms with Crippen molar-refractivity contribution in [2.24, 2.45) is 5.84 Å². The highest BCUT2D eigenvalue weighted by atomic mass is 16.5. The van der Waals surface area contributed by atoms with Crippen LogP contribution in [0, 0.1) is 0 Å². The van der Waals surface area contributed by atoms with Crippen molar-refractivity contribution in [3.63, 3.8) is 0 Å². The average molecular weight is 244 g/mol. The number of nitrogen functional groups attached to an aromatic ring is 1. The highest BCUT2D eigenvalue weighted by molar-refractivity contribution is 5.39. The Balaban J connectivity index is 1.75. The van der Waals surface area contributed by atoms with Crippen LogP contribution in [0.25, 0.3) is 0 Å². The van der Waals surface area contributed by atoms with Crippen molar-refractivity contribution < 1.29 is 4.74 Å². The molecule has 2 heterocycles. The fourth-order valence-corrected chi connectivity index (χ4v) is 1.60. The summed E-state index contributed by atoms with van der Waals surface area (Å²) < 4.78 is 5.62. The molecule has 3 N–H and O–H groups in total. The van der Waals surface area contributed by atoms with Gasteiger partial charge in [-0.2, -0.15) is 0 Å². The molecular formula is C13H16N4O. The van der Waals surface area contributed by atoms with Crippen LogP contribution in [0.2, 0.25) is 0 Å². The van der Waals surface area contributed by atoms with Gasteiger partial charge in [0.2, 0.25) is 0 Å². The van der Waals surface area contributed by atoms with E-state index in [-0.39, 0.29) is 0 Å². The minimum Gasteiger partial charge on any atom is -0.493 e. The van der Waals surface area contributed by atoms with E-state index in [4.69, 9.17) is 10.6 Å². The zero-order valence-corrected chi connectivity index (χ0v) is 10.0. The Hall–Kier alpha value is -2.14. The van der Waals surface area contributed by atoms with Crippen LogP contribution in [0.3, 0.4) is 0 Å². The quantitative estimate of drug-likeness (QED) is 0.460. The van der Waals surface area contributed by atoms with E-state index in [0.717, 1.165) is 18.6 Å². The van der Waals surface area contributed by atoms with Crippen LogP contribution in [0.15, 0.2) is 42.9 Å². The molecule has 2 aromatic heterocycles. The summed E-state index contributed by atoms with van der Waals surface area (Å²) in [6.07, 6.45) is 7.21. The number of aromatic nitrogens is 2. The van der Waals surface area contributed by atoms with Crippen LogP contribution < -0.4 is 16.0 Å². The maximum absolute atomic E-state index is 5.62. The van der Waals surface area contributed by atoms with Crippen molar-refractivity contribution in [3.05, 3.63) is 48.4 Å². The highest BCUT2D eigenvalue weighted by Crippen LogP contribution is 2.14. The fourth-order valence-electron chi connectivity index (χ4n) is 1.60. The van der Waals surface area contributed by atoms with Gasteiger partial charge >= 0.3 is 0 Å². The molecule has 5 nitrogen and oxygen atoms in total. The standard InChI is InChI=1S/C13H16N4O/c14-17-13-10-12(5-8-16-13)18-9-1-2-11-3-6-15-7-4-11/h3-8,10H,1-2,9,14H2,(H,16,17). The molecular weight excluding hydrogens is 228 g/mol. The lowest BCUT2D eigenvalue weighted by atomic mass is 10.1. The molecule has 0 unspecified atom stereocenters. The number of hydrazine groups is 1. The van der Waals surface area contributed by atoms with Crippen molar-refractivity contribution in [2.75, 3.05) is 12.0 Å². The van der Waals surface area contributed by atoms with Crippen LogP contribution >= 0.6 is 0 Å². The Kier molecular flexibility index (Phi) is 4.49. The van der Waals surface area contributed by atoms with Crippen LogP contribution in [0.1, 0.15) is 12.0 Å². The number of pyridine rings is 2. The maximum Gasteiger partial charge on any atom is 0.143 e. The summed E-state index contributed by atoms with van der Waals surface area (Å²) in [5.41, 5.74) is 3.76. The first-order valence-corrected chi connectivity index (χ1v) is 5.83. The normalized spacial score (nSPS) is 10.1. The lowest BCUT2D eigenvalue weighted by Gasteiger charge is -2.07. The van der Waals surface area contributed by atoms with Crippen molar-refractivity contribution in [3.8, 4) is 5.75 Å². The van der Waals surface area contributed by atoms with Gasteiger partial charge in [0.25, 0.3) is 0 Å². The summed E-state index contributed by atoms with van der Waals surface area (Å²) >= 11 is 0. The molecule has 0 aromatic carbocycles. The molecule has 0 amide bonds. The summed E-state index contributed by atoms with van der Waals surface area (Å²) in [6, 6.07) is 7.62. The summed E-state index contributed by atoms with van der Waals surface area (Å²) in [7, 11) is 0. The molecule has 2 rings (SSSR count). The van der Waals surface area contributed by atoms with Gasteiger partial charge in [-0.3, -0.25) is 4.98 Å². The van der Waals surface area contributed by atoms with E-state index in [0.29, 0.717) is 12.4 Å². The first kappa shape index (κ1) is 12.3. The number of hydrogen-bond acceptors (Lipinski definition) is 5. The molecule has 0 saturated carbocycles. The van der Waals surface area contributed by atoms with Crippen LogP contribution in [0.4, 0.5) is 5.82 Å². The number of rotatable bonds is 6. The third kappa shape index (κ3) is 3.71. The van der Waals surface area contributed by atoms with Gasteiger partial charge in [-0.25, -0.2) is 10.8 Å². The minimum atomic E-state index is 0.599. The molecule has 2 aromatic rings. The zero-order chi connectivity index (χ0) is 12.6. The van der Waals surface area contributed by atoms with E-state index < -0.39 is 0 Å². The lowest BCUT2D eigenvalue weighted by molar-refractivity contribution is 0.311. The molecule has 0 aliphatic carbocycles. The van der Waals surface area contributed by atoms with Crippen LogP contribution in [-0.2, 0) is 6.42 Å². The average Bonchev–Trinajstić information content (AvgIpc) is 2.45. The molecule has 94 valence electrons. The van der Waals surface area contributed by atoms with Gasteiger partial charge < -0.3 is 10.2 Å². The second-order valence-corrected chi connectivity index (χ2v) is 3.83. The van der Waals surface area contributed by atoms with Gasteiger partial charge in [-0.1, -0.05) is 0 Å². The maximum atomic E-state index is 5.62. The van der Waals surface area contributed by atoms with Gasteiger partial charge in [0.15, 0.2) is 0 Å². The van der Waals surface area contributed by atoms with Crippen LogP contribution in [0.5, 0.6) is 5.75 Å². The first-order chi connectivity index (χ1) is 8.88.